The number of benzene rings is 1. The number of hydrogen-bond donors (Lipinski definition) is 2. The Morgan fingerprint density at radius 2 is 1.84 bits per heavy atom. The van der Waals surface area contributed by atoms with Crippen LogP contribution in [-0.4, -0.2) is 48.5 Å². The third-order valence-corrected chi connectivity index (χ3v) is 3.98. The third kappa shape index (κ3) is 5.67. The summed E-state index contributed by atoms with van der Waals surface area (Å²) in [5, 5.41) is 6.26. The lowest BCUT2D eigenvalue weighted by molar-refractivity contribution is 0.0953. The summed E-state index contributed by atoms with van der Waals surface area (Å²) in [6.07, 6.45) is 2.87. The fourth-order valence-corrected chi connectivity index (χ4v) is 2.55. The number of amides is 1. The summed E-state index contributed by atoms with van der Waals surface area (Å²) in [7, 11) is 5.83. The number of carbonyl (C=O) groups excluding carboxylic acids is 1. The second-order valence-corrected chi connectivity index (χ2v) is 5.92. The van der Waals surface area contributed by atoms with E-state index in [2.05, 4.69) is 31.2 Å². The molecule has 25 heavy (non-hydrogen) atoms. The van der Waals surface area contributed by atoms with E-state index in [1.54, 1.807) is 7.05 Å². The number of nitrogens with zero attached hydrogens (tertiary/aromatic N) is 3. The van der Waals surface area contributed by atoms with E-state index in [9.17, 15) is 4.79 Å². The van der Waals surface area contributed by atoms with Crippen LogP contribution in [0.2, 0.25) is 0 Å². The average Bonchev–Trinajstić information content (AvgIpc) is 3.03. The quantitative estimate of drug-likeness (QED) is 0.459. The van der Waals surface area contributed by atoms with E-state index in [4.69, 9.17) is 0 Å². The van der Waals surface area contributed by atoms with Crippen molar-refractivity contribution in [3.8, 4) is 0 Å². The first-order valence-electron chi connectivity index (χ1n) is 8.47. The standard InChI is InChI=1S/C19H27N5O/c1-20-19(24(3)15-17-11-7-14-23(17)2)22-13-8-12-21-18(25)16-9-5-4-6-10-16/h4-7,9-11,14H,8,12-13,15H2,1-3H3,(H,20,22)(H,21,25). The molecule has 0 aliphatic carbocycles. The molecule has 2 rings (SSSR count). The minimum Gasteiger partial charge on any atom is -0.356 e. The summed E-state index contributed by atoms with van der Waals surface area (Å²) in [6.45, 7) is 2.16. The van der Waals surface area contributed by atoms with Crippen LogP contribution in [0.4, 0.5) is 0 Å². The topological polar surface area (TPSA) is 61.7 Å². The van der Waals surface area contributed by atoms with Gasteiger partial charge >= 0.3 is 0 Å². The normalized spacial score (nSPS) is 11.2. The van der Waals surface area contributed by atoms with Crippen molar-refractivity contribution < 1.29 is 4.79 Å². The summed E-state index contributed by atoms with van der Waals surface area (Å²) >= 11 is 0. The molecule has 1 amide bonds. The Labute approximate surface area is 149 Å². The van der Waals surface area contributed by atoms with Crippen LogP contribution in [0.25, 0.3) is 0 Å². The van der Waals surface area contributed by atoms with Crippen molar-refractivity contribution in [3.05, 3.63) is 59.9 Å². The van der Waals surface area contributed by atoms with Gasteiger partial charge in [0.2, 0.25) is 0 Å². The molecule has 0 saturated heterocycles. The van der Waals surface area contributed by atoms with Crippen molar-refractivity contribution in [3.63, 3.8) is 0 Å². The highest BCUT2D eigenvalue weighted by Gasteiger charge is 2.08. The van der Waals surface area contributed by atoms with Gasteiger partial charge in [0.1, 0.15) is 0 Å². The molecule has 6 nitrogen and oxygen atoms in total. The maximum absolute atomic E-state index is 11.9. The van der Waals surface area contributed by atoms with Crippen molar-refractivity contribution in [2.45, 2.75) is 13.0 Å². The molecule has 0 bridgehead atoms. The summed E-state index contributed by atoms with van der Waals surface area (Å²) in [5.41, 5.74) is 1.91. The van der Waals surface area contributed by atoms with Gasteiger partial charge in [-0.2, -0.15) is 0 Å². The average molecular weight is 341 g/mol. The zero-order chi connectivity index (χ0) is 18.1. The van der Waals surface area contributed by atoms with Crippen molar-refractivity contribution in [2.75, 3.05) is 27.2 Å². The van der Waals surface area contributed by atoms with E-state index in [1.165, 1.54) is 5.69 Å². The second-order valence-electron chi connectivity index (χ2n) is 5.92. The maximum Gasteiger partial charge on any atom is 0.251 e. The first kappa shape index (κ1) is 18.6. The van der Waals surface area contributed by atoms with Gasteiger partial charge < -0.3 is 20.1 Å². The number of nitrogens with one attached hydrogen (secondary N) is 2. The third-order valence-electron chi connectivity index (χ3n) is 3.98. The van der Waals surface area contributed by atoms with Crippen LogP contribution in [0.5, 0.6) is 0 Å². The van der Waals surface area contributed by atoms with Crippen LogP contribution < -0.4 is 10.6 Å². The van der Waals surface area contributed by atoms with Crippen molar-refractivity contribution in [2.24, 2.45) is 12.0 Å². The van der Waals surface area contributed by atoms with E-state index in [0.717, 1.165) is 25.5 Å². The summed E-state index contributed by atoms with van der Waals surface area (Å²) in [4.78, 5) is 18.3. The molecule has 0 spiro atoms. The number of carbonyl (C=O) groups is 1. The van der Waals surface area contributed by atoms with Crippen LogP contribution in [0, 0.1) is 0 Å². The van der Waals surface area contributed by atoms with Crippen molar-refractivity contribution >= 4 is 11.9 Å². The Morgan fingerprint density at radius 3 is 2.48 bits per heavy atom. The number of aryl methyl sites for hydroxylation is 1. The molecule has 0 aliphatic heterocycles. The predicted molar refractivity (Wildman–Crippen MR) is 102 cm³/mol. The Bertz CT molecular complexity index is 693. The zero-order valence-corrected chi connectivity index (χ0v) is 15.2. The second kappa shape index (κ2) is 9.52. The van der Waals surface area contributed by atoms with Gasteiger partial charge in [-0.15, -0.1) is 0 Å². The molecule has 134 valence electrons. The number of hydrogen-bond acceptors (Lipinski definition) is 2. The van der Waals surface area contributed by atoms with Gasteiger partial charge in [-0.1, -0.05) is 18.2 Å². The molecule has 2 N–H and O–H groups in total. The van der Waals surface area contributed by atoms with Gasteiger partial charge in [0, 0.05) is 51.7 Å². The predicted octanol–water partition coefficient (Wildman–Crippen LogP) is 1.85. The molecular formula is C19H27N5O. The fraction of sp³-hybridized carbons (Fsp3) is 0.368. The smallest absolute Gasteiger partial charge is 0.251 e. The number of rotatable bonds is 7. The lowest BCUT2D eigenvalue weighted by Gasteiger charge is -2.22. The number of aromatic nitrogens is 1. The van der Waals surface area contributed by atoms with Crippen molar-refractivity contribution in [1.82, 2.24) is 20.1 Å². The van der Waals surface area contributed by atoms with E-state index >= 15 is 0 Å². The van der Waals surface area contributed by atoms with E-state index in [-0.39, 0.29) is 5.91 Å². The molecule has 1 heterocycles. The monoisotopic (exact) mass is 341 g/mol. The largest absolute Gasteiger partial charge is 0.356 e. The Kier molecular flexibility index (Phi) is 7.07. The highest BCUT2D eigenvalue weighted by atomic mass is 16.1. The first-order chi connectivity index (χ1) is 12.1. The van der Waals surface area contributed by atoms with Crippen molar-refractivity contribution in [1.29, 1.82) is 0 Å². The number of aliphatic imine (C=N–C) groups is 1. The summed E-state index contributed by atoms with van der Waals surface area (Å²) < 4.78 is 2.10. The molecular weight excluding hydrogens is 314 g/mol. The highest BCUT2D eigenvalue weighted by Crippen LogP contribution is 2.03. The Balaban J connectivity index is 1.69. The molecule has 0 fully saturated rings. The van der Waals surface area contributed by atoms with Gasteiger partial charge in [-0.05, 0) is 30.7 Å². The lowest BCUT2D eigenvalue weighted by Crippen LogP contribution is -2.40. The molecule has 2 aromatic rings. The molecule has 0 saturated carbocycles. The Morgan fingerprint density at radius 1 is 1.12 bits per heavy atom. The lowest BCUT2D eigenvalue weighted by atomic mass is 10.2. The maximum atomic E-state index is 11.9. The Hall–Kier alpha value is -2.76. The minimum absolute atomic E-state index is 0.0363. The SMILES string of the molecule is CN=C(NCCCNC(=O)c1ccccc1)N(C)Cc1cccn1C. The van der Waals surface area contributed by atoms with E-state index < -0.39 is 0 Å². The molecule has 0 atom stereocenters. The minimum atomic E-state index is -0.0363. The van der Waals surface area contributed by atoms with Gasteiger partial charge in [-0.25, -0.2) is 0 Å². The number of guanidine groups is 1. The van der Waals surface area contributed by atoms with E-state index in [0.29, 0.717) is 12.1 Å². The first-order valence-corrected chi connectivity index (χ1v) is 8.47. The van der Waals surface area contributed by atoms with Gasteiger partial charge in [0.15, 0.2) is 5.96 Å². The van der Waals surface area contributed by atoms with Crippen LogP contribution >= 0.6 is 0 Å². The van der Waals surface area contributed by atoms with E-state index in [1.807, 2.05) is 56.7 Å². The highest BCUT2D eigenvalue weighted by molar-refractivity contribution is 5.94. The molecule has 1 aromatic carbocycles. The molecule has 1 aromatic heterocycles. The molecule has 6 heteroatoms. The molecule has 0 radical (unpaired) electrons. The summed E-state index contributed by atoms with van der Waals surface area (Å²) in [5.74, 6) is 0.807. The van der Waals surface area contributed by atoms with Crippen LogP contribution in [-0.2, 0) is 13.6 Å². The molecule has 0 aliphatic rings. The van der Waals surface area contributed by atoms with Crippen LogP contribution in [0.3, 0.4) is 0 Å². The van der Waals surface area contributed by atoms with Gasteiger partial charge in [-0.3, -0.25) is 9.79 Å². The zero-order valence-electron chi connectivity index (χ0n) is 15.2. The van der Waals surface area contributed by atoms with Gasteiger partial charge in [0.25, 0.3) is 5.91 Å². The summed E-state index contributed by atoms with van der Waals surface area (Å²) in [6, 6.07) is 13.4. The van der Waals surface area contributed by atoms with Crippen LogP contribution in [0.1, 0.15) is 22.5 Å². The fourth-order valence-electron chi connectivity index (χ4n) is 2.55. The van der Waals surface area contributed by atoms with Crippen LogP contribution in [0.15, 0.2) is 53.7 Å². The van der Waals surface area contributed by atoms with Gasteiger partial charge in [0.05, 0.1) is 6.54 Å². The molecule has 0 unspecified atom stereocenters.